The molecule has 2 fully saturated rings. The van der Waals surface area contributed by atoms with E-state index in [0.29, 0.717) is 29.2 Å². The molecule has 4 rings (SSSR count). The van der Waals surface area contributed by atoms with Crippen LogP contribution in [-0.4, -0.2) is 22.3 Å². The number of aliphatic carboxylic acids is 1. The summed E-state index contributed by atoms with van der Waals surface area (Å²) in [7, 11) is 0. The first-order valence-corrected chi connectivity index (χ1v) is 13.4. The SMILES string of the molecule is C/C(=C/CC[C@@H](C)C1=C2[C@H](C)C[C@@H]3C(=CC[C@H]4C(C)(C)[C@H](O)CC[C@]34C)[C@]2(C)CC1)C(=O)O. The van der Waals surface area contributed by atoms with E-state index < -0.39 is 5.97 Å². The normalized spacial score (nSPS) is 41.1. The number of hydrogen-bond acceptors (Lipinski definition) is 2. The van der Waals surface area contributed by atoms with E-state index in [9.17, 15) is 9.90 Å². The number of hydrogen-bond donors (Lipinski definition) is 2. The summed E-state index contributed by atoms with van der Waals surface area (Å²) >= 11 is 0. The van der Waals surface area contributed by atoms with E-state index in [1.165, 1.54) is 19.3 Å². The Hall–Kier alpha value is -1.35. The monoisotopic (exact) mass is 454 g/mol. The third-order valence-electron chi connectivity index (χ3n) is 10.8. The van der Waals surface area contributed by atoms with Crippen molar-refractivity contribution in [3.8, 4) is 0 Å². The quantitative estimate of drug-likeness (QED) is 0.338. The van der Waals surface area contributed by atoms with Gasteiger partial charge in [-0.3, -0.25) is 0 Å². The van der Waals surface area contributed by atoms with Gasteiger partial charge < -0.3 is 10.2 Å². The van der Waals surface area contributed by atoms with E-state index in [1.807, 2.05) is 6.08 Å². The number of fused-ring (bicyclic) bond motifs is 5. The zero-order chi connectivity index (χ0) is 24.3. The number of aliphatic hydroxyl groups excluding tert-OH is 1. The maximum atomic E-state index is 11.1. The van der Waals surface area contributed by atoms with Gasteiger partial charge in [-0.15, -0.1) is 0 Å². The lowest BCUT2D eigenvalue weighted by atomic mass is 9.43. The van der Waals surface area contributed by atoms with Crippen molar-refractivity contribution in [2.24, 2.45) is 39.9 Å². The van der Waals surface area contributed by atoms with E-state index in [1.54, 1.807) is 23.6 Å². The third-order valence-corrected chi connectivity index (χ3v) is 10.8. The molecule has 0 aromatic carbocycles. The molecule has 0 unspecified atom stereocenters. The molecule has 0 heterocycles. The lowest BCUT2D eigenvalue weighted by molar-refractivity contribution is -0.132. The van der Waals surface area contributed by atoms with Crippen LogP contribution >= 0.6 is 0 Å². The van der Waals surface area contributed by atoms with Crippen molar-refractivity contribution in [2.75, 3.05) is 0 Å². The van der Waals surface area contributed by atoms with Crippen LogP contribution in [0.3, 0.4) is 0 Å². The van der Waals surface area contributed by atoms with Gasteiger partial charge in [-0.25, -0.2) is 4.79 Å². The fraction of sp³-hybridized carbons (Fsp3) is 0.767. The minimum atomic E-state index is -0.806. The maximum Gasteiger partial charge on any atom is 0.330 e. The summed E-state index contributed by atoms with van der Waals surface area (Å²) < 4.78 is 0. The summed E-state index contributed by atoms with van der Waals surface area (Å²) in [5, 5.41) is 19.9. The fourth-order valence-corrected chi connectivity index (χ4v) is 8.78. The molecule has 3 nitrogen and oxygen atoms in total. The average Bonchev–Trinajstić information content (AvgIpc) is 3.11. The highest BCUT2D eigenvalue weighted by molar-refractivity contribution is 5.85. The molecule has 3 heteroatoms. The molecule has 7 atom stereocenters. The summed E-state index contributed by atoms with van der Waals surface area (Å²) in [6.07, 6.45) is 13.0. The van der Waals surface area contributed by atoms with Gasteiger partial charge in [0.05, 0.1) is 6.10 Å². The maximum absolute atomic E-state index is 11.1. The first-order valence-electron chi connectivity index (χ1n) is 13.4. The summed E-state index contributed by atoms with van der Waals surface area (Å²) in [5.41, 5.74) is 6.00. The second-order valence-corrected chi connectivity index (χ2v) is 13.0. The standard InChI is InChI=1S/C30H46O3/c1-18(9-8-10-19(2)27(32)33)21-13-15-30(7)22-11-12-24-28(4,5)25(31)14-16-29(24,6)23(22)17-20(3)26(21)30/h10-11,18,20,23-25,31H,8-9,12-17H2,1-7H3,(H,32,33)/b19-10-/t18-,20-,23-,24+,25-,29-,30+/m1/s1. The smallest absolute Gasteiger partial charge is 0.330 e. The third kappa shape index (κ3) is 3.77. The van der Waals surface area contributed by atoms with Crippen LogP contribution in [0.4, 0.5) is 0 Å². The van der Waals surface area contributed by atoms with Crippen LogP contribution in [0.1, 0.15) is 99.8 Å². The van der Waals surface area contributed by atoms with E-state index in [2.05, 4.69) is 47.6 Å². The van der Waals surface area contributed by atoms with Crippen LogP contribution in [0.2, 0.25) is 0 Å². The van der Waals surface area contributed by atoms with E-state index in [-0.39, 0.29) is 22.3 Å². The predicted octanol–water partition coefficient (Wildman–Crippen LogP) is 7.32. The summed E-state index contributed by atoms with van der Waals surface area (Å²) in [5.74, 6) is 1.48. The Kier molecular flexibility index (Phi) is 6.30. The van der Waals surface area contributed by atoms with Gasteiger partial charge in [0, 0.05) is 11.0 Å². The van der Waals surface area contributed by atoms with Crippen LogP contribution in [0.15, 0.2) is 34.4 Å². The summed E-state index contributed by atoms with van der Waals surface area (Å²) in [6.45, 7) is 16.2. The van der Waals surface area contributed by atoms with Gasteiger partial charge in [0.15, 0.2) is 0 Å². The molecule has 184 valence electrons. The van der Waals surface area contributed by atoms with Crippen molar-refractivity contribution in [2.45, 2.75) is 106 Å². The highest BCUT2D eigenvalue weighted by Gasteiger charge is 2.60. The van der Waals surface area contributed by atoms with E-state index >= 15 is 0 Å². The van der Waals surface area contributed by atoms with Crippen molar-refractivity contribution < 1.29 is 15.0 Å². The highest BCUT2D eigenvalue weighted by atomic mass is 16.4. The number of rotatable bonds is 5. The second-order valence-electron chi connectivity index (χ2n) is 13.0. The predicted molar refractivity (Wildman–Crippen MR) is 135 cm³/mol. The lowest BCUT2D eigenvalue weighted by Crippen LogP contribution is -2.56. The molecule has 0 aromatic rings. The molecule has 0 bridgehead atoms. The summed E-state index contributed by atoms with van der Waals surface area (Å²) in [4.78, 5) is 11.1. The molecule has 0 aliphatic heterocycles. The zero-order valence-corrected chi connectivity index (χ0v) is 22.0. The minimum absolute atomic E-state index is 0.0216. The molecule has 4 aliphatic rings. The minimum Gasteiger partial charge on any atom is -0.478 e. The van der Waals surface area contributed by atoms with Gasteiger partial charge in [0.25, 0.3) is 0 Å². The Morgan fingerprint density at radius 1 is 1.24 bits per heavy atom. The Balaban J connectivity index is 1.64. The molecule has 0 spiro atoms. The molecular formula is C30H46O3. The van der Waals surface area contributed by atoms with Crippen LogP contribution in [0.5, 0.6) is 0 Å². The Bertz CT molecular complexity index is 906. The highest BCUT2D eigenvalue weighted by Crippen LogP contribution is 2.69. The Labute approximate surface area is 201 Å². The number of carbonyl (C=O) groups is 1. The molecular weight excluding hydrogens is 408 g/mol. The van der Waals surface area contributed by atoms with Gasteiger partial charge in [-0.05, 0) is 92.8 Å². The fourth-order valence-electron chi connectivity index (χ4n) is 8.78. The second kappa shape index (κ2) is 8.40. The molecule has 2 N–H and O–H groups in total. The topological polar surface area (TPSA) is 57.5 Å². The van der Waals surface area contributed by atoms with E-state index in [0.717, 1.165) is 32.1 Å². The zero-order valence-electron chi connectivity index (χ0n) is 22.0. The average molecular weight is 455 g/mol. The molecule has 33 heavy (non-hydrogen) atoms. The van der Waals surface area contributed by atoms with Crippen molar-refractivity contribution in [3.05, 3.63) is 34.4 Å². The lowest BCUT2D eigenvalue weighted by Gasteiger charge is -2.62. The largest absolute Gasteiger partial charge is 0.478 e. The molecule has 2 saturated carbocycles. The van der Waals surface area contributed by atoms with Crippen LogP contribution in [0, 0.1) is 39.9 Å². The van der Waals surface area contributed by atoms with Gasteiger partial charge in [-0.2, -0.15) is 0 Å². The first-order chi connectivity index (χ1) is 15.3. The van der Waals surface area contributed by atoms with Crippen LogP contribution in [0.25, 0.3) is 0 Å². The van der Waals surface area contributed by atoms with Gasteiger partial charge in [0.1, 0.15) is 0 Å². The number of carboxylic acid groups (broad SMARTS) is 1. The summed E-state index contributed by atoms with van der Waals surface area (Å²) in [6, 6.07) is 0. The van der Waals surface area contributed by atoms with Crippen LogP contribution < -0.4 is 0 Å². The molecule has 0 radical (unpaired) electrons. The van der Waals surface area contributed by atoms with Gasteiger partial charge in [-0.1, -0.05) is 70.4 Å². The van der Waals surface area contributed by atoms with Crippen molar-refractivity contribution in [1.29, 1.82) is 0 Å². The number of aliphatic hydroxyl groups is 1. The number of carboxylic acids is 1. The molecule has 0 saturated heterocycles. The van der Waals surface area contributed by atoms with Gasteiger partial charge >= 0.3 is 5.97 Å². The molecule has 0 amide bonds. The Morgan fingerprint density at radius 3 is 2.61 bits per heavy atom. The number of allylic oxidation sites excluding steroid dienone is 5. The van der Waals surface area contributed by atoms with Gasteiger partial charge in [0.2, 0.25) is 0 Å². The first kappa shape index (κ1) is 24.8. The van der Waals surface area contributed by atoms with Crippen molar-refractivity contribution >= 4 is 5.97 Å². The Morgan fingerprint density at radius 2 is 1.94 bits per heavy atom. The van der Waals surface area contributed by atoms with E-state index in [4.69, 9.17) is 5.11 Å². The van der Waals surface area contributed by atoms with Crippen LogP contribution in [-0.2, 0) is 4.79 Å². The van der Waals surface area contributed by atoms with Crippen molar-refractivity contribution in [3.63, 3.8) is 0 Å². The van der Waals surface area contributed by atoms with Crippen molar-refractivity contribution in [1.82, 2.24) is 0 Å². The molecule has 0 aromatic heterocycles. The molecule has 4 aliphatic carbocycles.